The van der Waals surface area contributed by atoms with E-state index in [1.807, 2.05) is 29.3 Å². The summed E-state index contributed by atoms with van der Waals surface area (Å²) in [6.45, 7) is 0. The molecule has 6 nitrogen and oxygen atoms in total. The summed E-state index contributed by atoms with van der Waals surface area (Å²) >= 11 is 6.05. The number of hydrazone groups is 1. The number of carboxylic acids is 1. The molecule has 158 valence electrons. The summed E-state index contributed by atoms with van der Waals surface area (Å²) in [5.41, 5.74) is 3.61. The van der Waals surface area contributed by atoms with Crippen molar-refractivity contribution in [2.24, 2.45) is 5.10 Å². The number of rotatable bonds is 5. The third kappa shape index (κ3) is 4.47. The van der Waals surface area contributed by atoms with Crippen LogP contribution in [0, 0.1) is 0 Å². The molecule has 4 rings (SSSR count). The van der Waals surface area contributed by atoms with Gasteiger partial charge >= 0.3 is 5.97 Å². The Bertz CT molecular complexity index is 1250. The molecule has 1 aliphatic rings. The van der Waals surface area contributed by atoms with Crippen molar-refractivity contribution < 1.29 is 18.3 Å². The minimum absolute atomic E-state index is 0.113. The highest BCUT2D eigenvalue weighted by atomic mass is 35.5. The van der Waals surface area contributed by atoms with Gasteiger partial charge in [0.25, 0.3) is 0 Å². The van der Waals surface area contributed by atoms with Gasteiger partial charge < -0.3 is 5.11 Å². The van der Waals surface area contributed by atoms with Gasteiger partial charge in [-0.3, -0.25) is 5.01 Å². The van der Waals surface area contributed by atoms with Gasteiger partial charge in [0.2, 0.25) is 0 Å². The van der Waals surface area contributed by atoms with Gasteiger partial charge in [-0.1, -0.05) is 35.9 Å². The molecule has 0 spiro atoms. The van der Waals surface area contributed by atoms with Gasteiger partial charge in [0.1, 0.15) is 0 Å². The van der Waals surface area contributed by atoms with E-state index in [-0.39, 0.29) is 16.5 Å². The maximum Gasteiger partial charge on any atom is 0.335 e. The third-order valence-electron chi connectivity index (χ3n) is 5.16. The summed E-state index contributed by atoms with van der Waals surface area (Å²) in [5.74, 6) is -0.989. The highest BCUT2D eigenvalue weighted by Gasteiger charge is 2.30. The molecule has 31 heavy (non-hydrogen) atoms. The molecule has 1 atom stereocenters. The summed E-state index contributed by atoms with van der Waals surface area (Å²) < 4.78 is 23.5. The van der Waals surface area contributed by atoms with Gasteiger partial charge in [-0.25, -0.2) is 13.2 Å². The van der Waals surface area contributed by atoms with Crippen molar-refractivity contribution in [3.63, 3.8) is 0 Å². The molecule has 0 amide bonds. The smallest absolute Gasteiger partial charge is 0.335 e. The van der Waals surface area contributed by atoms with E-state index >= 15 is 0 Å². The van der Waals surface area contributed by atoms with E-state index in [2.05, 4.69) is 0 Å². The Kier molecular flexibility index (Phi) is 5.56. The normalized spacial score (nSPS) is 16.3. The molecule has 0 aliphatic carbocycles. The van der Waals surface area contributed by atoms with Crippen molar-refractivity contribution in [3.8, 4) is 0 Å². The molecule has 3 aromatic rings. The highest BCUT2D eigenvalue weighted by molar-refractivity contribution is 7.90. The fraction of sp³-hybridized carbons (Fsp3) is 0.130. The van der Waals surface area contributed by atoms with Crippen LogP contribution < -0.4 is 5.01 Å². The zero-order chi connectivity index (χ0) is 22.2. The number of aromatic carboxylic acids is 1. The molecule has 1 unspecified atom stereocenters. The first-order valence-corrected chi connectivity index (χ1v) is 11.8. The summed E-state index contributed by atoms with van der Waals surface area (Å²) in [6, 6.07) is 20.6. The fourth-order valence-corrected chi connectivity index (χ4v) is 4.28. The molecule has 0 saturated heterocycles. The number of sulfone groups is 1. The Labute approximate surface area is 185 Å². The van der Waals surface area contributed by atoms with Crippen LogP contribution in [0.3, 0.4) is 0 Å². The number of carbonyl (C=O) groups is 1. The number of hydrogen-bond acceptors (Lipinski definition) is 5. The first-order chi connectivity index (χ1) is 14.7. The Hall–Kier alpha value is -3.16. The largest absolute Gasteiger partial charge is 0.478 e. The van der Waals surface area contributed by atoms with E-state index in [9.17, 15) is 18.3 Å². The molecule has 0 fully saturated rings. The Morgan fingerprint density at radius 1 is 1.00 bits per heavy atom. The monoisotopic (exact) mass is 454 g/mol. The second-order valence-electron chi connectivity index (χ2n) is 7.31. The van der Waals surface area contributed by atoms with Crippen LogP contribution >= 0.6 is 11.6 Å². The van der Waals surface area contributed by atoms with Crippen LogP contribution in [-0.4, -0.2) is 31.5 Å². The molecule has 0 bridgehead atoms. The van der Waals surface area contributed by atoms with Crippen molar-refractivity contribution >= 4 is 38.8 Å². The number of carboxylic acid groups (broad SMARTS) is 1. The van der Waals surface area contributed by atoms with E-state index < -0.39 is 15.8 Å². The zero-order valence-corrected chi connectivity index (χ0v) is 18.1. The maximum absolute atomic E-state index is 11.8. The summed E-state index contributed by atoms with van der Waals surface area (Å²) in [7, 11) is -3.28. The van der Waals surface area contributed by atoms with Crippen LogP contribution in [0.5, 0.6) is 0 Å². The predicted molar refractivity (Wildman–Crippen MR) is 121 cm³/mol. The quantitative estimate of drug-likeness (QED) is 0.598. The predicted octanol–water partition coefficient (Wildman–Crippen LogP) is 4.80. The number of anilines is 1. The molecule has 0 radical (unpaired) electrons. The third-order valence-corrected chi connectivity index (χ3v) is 6.54. The molecule has 1 heterocycles. The highest BCUT2D eigenvalue weighted by Crippen LogP contribution is 2.37. The molecule has 3 aromatic carbocycles. The van der Waals surface area contributed by atoms with Crippen molar-refractivity contribution in [2.75, 3.05) is 11.3 Å². The second-order valence-corrected chi connectivity index (χ2v) is 9.76. The van der Waals surface area contributed by atoms with Gasteiger partial charge in [-0.05, 0) is 59.7 Å². The zero-order valence-electron chi connectivity index (χ0n) is 16.6. The van der Waals surface area contributed by atoms with Crippen LogP contribution in [0.4, 0.5) is 5.69 Å². The maximum atomic E-state index is 11.8. The van der Waals surface area contributed by atoms with E-state index in [0.717, 1.165) is 22.5 Å². The number of nitrogens with zero attached hydrogens (tertiary/aromatic N) is 2. The molecule has 1 aliphatic heterocycles. The van der Waals surface area contributed by atoms with Crippen molar-refractivity contribution in [1.82, 2.24) is 0 Å². The van der Waals surface area contributed by atoms with Crippen LogP contribution in [-0.2, 0) is 9.84 Å². The summed E-state index contributed by atoms with van der Waals surface area (Å²) in [5, 5.41) is 16.5. The molecule has 0 saturated carbocycles. The first-order valence-electron chi connectivity index (χ1n) is 9.48. The molecule has 1 N–H and O–H groups in total. The minimum atomic E-state index is -3.28. The Morgan fingerprint density at radius 2 is 1.61 bits per heavy atom. The molecule has 0 aromatic heterocycles. The number of halogens is 1. The van der Waals surface area contributed by atoms with Gasteiger partial charge in [-0.15, -0.1) is 0 Å². The first kappa shape index (κ1) is 21.1. The SMILES string of the molecule is CS(=O)(=O)c1ccc(C2=NN(c3ccc(C(=O)O)cc3)C(c3ccc(Cl)cc3)C2)cc1. The standard InChI is InChI=1S/C23H19ClN2O4S/c1-31(29,30)20-12-6-15(7-13-20)21-14-22(16-2-8-18(24)9-3-16)26(25-21)19-10-4-17(5-11-19)23(27)28/h2-13,22H,14H2,1H3,(H,27,28). The summed E-state index contributed by atoms with van der Waals surface area (Å²) in [4.78, 5) is 11.4. The lowest BCUT2D eigenvalue weighted by molar-refractivity contribution is 0.0697. The summed E-state index contributed by atoms with van der Waals surface area (Å²) in [6.07, 6.45) is 1.77. The number of benzene rings is 3. The van der Waals surface area contributed by atoms with Crippen molar-refractivity contribution in [1.29, 1.82) is 0 Å². The van der Waals surface area contributed by atoms with Gasteiger partial charge in [-0.2, -0.15) is 5.10 Å². The molecule has 8 heteroatoms. The Balaban J connectivity index is 1.72. The topological polar surface area (TPSA) is 87.0 Å². The van der Waals surface area contributed by atoms with Gasteiger partial charge in [0, 0.05) is 17.7 Å². The van der Waals surface area contributed by atoms with Crippen LogP contribution in [0.2, 0.25) is 5.02 Å². The fourth-order valence-electron chi connectivity index (χ4n) is 3.52. The molecular formula is C23H19ClN2O4S. The van der Waals surface area contributed by atoms with Crippen LogP contribution in [0.25, 0.3) is 0 Å². The lowest BCUT2D eigenvalue weighted by Gasteiger charge is -2.24. The van der Waals surface area contributed by atoms with E-state index in [1.54, 1.807) is 48.5 Å². The molecular weight excluding hydrogens is 436 g/mol. The van der Waals surface area contributed by atoms with Gasteiger partial charge in [0.15, 0.2) is 9.84 Å². The minimum Gasteiger partial charge on any atom is -0.478 e. The van der Waals surface area contributed by atoms with E-state index in [1.165, 1.54) is 6.26 Å². The second kappa shape index (κ2) is 8.17. The van der Waals surface area contributed by atoms with E-state index in [4.69, 9.17) is 16.7 Å². The van der Waals surface area contributed by atoms with Crippen LogP contribution in [0.1, 0.15) is 33.9 Å². The lowest BCUT2D eigenvalue weighted by Crippen LogP contribution is -2.18. The average Bonchev–Trinajstić information content (AvgIpc) is 3.19. The van der Waals surface area contributed by atoms with Gasteiger partial charge in [0.05, 0.1) is 27.9 Å². The van der Waals surface area contributed by atoms with Crippen LogP contribution in [0.15, 0.2) is 82.8 Å². The average molecular weight is 455 g/mol. The lowest BCUT2D eigenvalue weighted by atomic mass is 9.98. The van der Waals surface area contributed by atoms with Crippen molar-refractivity contribution in [3.05, 3.63) is 94.5 Å². The van der Waals surface area contributed by atoms with E-state index in [0.29, 0.717) is 11.4 Å². The van der Waals surface area contributed by atoms with Crippen molar-refractivity contribution in [2.45, 2.75) is 17.4 Å². The number of hydrogen-bond donors (Lipinski definition) is 1. The Morgan fingerprint density at radius 3 is 2.16 bits per heavy atom.